The number of benzene rings is 1. The third-order valence-corrected chi connectivity index (χ3v) is 2.21. The van der Waals surface area contributed by atoms with Crippen molar-refractivity contribution in [3.05, 3.63) is 34.1 Å². The Bertz CT molecular complexity index is 470. The number of carbonyl (C=O) groups is 1. The van der Waals surface area contributed by atoms with Crippen molar-refractivity contribution in [2.75, 3.05) is 0 Å². The maximum absolute atomic E-state index is 13.4. The highest BCUT2D eigenvalue weighted by molar-refractivity contribution is 9.10. The topological polar surface area (TPSA) is 50.7 Å². The highest BCUT2D eigenvalue weighted by Crippen LogP contribution is 2.13. The van der Waals surface area contributed by atoms with Crippen LogP contribution in [0.2, 0.25) is 0 Å². The average Bonchev–Trinajstić information content (AvgIpc) is 2.18. The fourth-order valence-electron chi connectivity index (χ4n) is 1.06. The van der Waals surface area contributed by atoms with E-state index in [4.69, 9.17) is 4.74 Å². The average molecular weight is 317 g/mol. The molecule has 4 nitrogen and oxygen atoms in total. The van der Waals surface area contributed by atoms with Crippen LogP contribution in [0.25, 0.3) is 0 Å². The highest BCUT2D eigenvalue weighted by atomic mass is 79.9. The van der Waals surface area contributed by atoms with Crippen molar-refractivity contribution in [1.29, 1.82) is 0 Å². The monoisotopic (exact) mass is 316 g/mol. The number of nitrogens with one attached hydrogen (secondary N) is 1. The number of hydrogen-bond acceptors (Lipinski definition) is 3. The summed E-state index contributed by atoms with van der Waals surface area (Å²) in [7, 11) is 0. The minimum absolute atomic E-state index is 0.272. The van der Waals surface area contributed by atoms with Crippen LogP contribution in [0.4, 0.5) is 9.18 Å². The molecule has 18 heavy (non-hydrogen) atoms. The summed E-state index contributed by atoms with van der Waals surface area (Å²) in [5.41, 5.74) is 1.84. The van der Waals surface area contributed by atoms with Crippen LogP contribution in [0, 0.1) is 5.82 Å². The zero-order valence-corrected chi connectivity index (χ0v) is 11.9. The molecule has 0 aliphatic heterocycles. The second-order valence-corrected chi connectivity index (χ2v) is 5.45. The Morgan fingerprint density at radius 3 is 2.72 bits per heavy atom. The van der Waals surface area contributed by atoms with Gasteiger partial charge in [-0.3, -0.25) is 0 Å². The lowest BCUT2D eigenvalue weighted by molar-refractivity contribution is 0.0529. The molecule has 0 atom stereocenters. The van der Waals surface area contributed by atoms with Crippen LogP contribution < -0.4 is 5.43 Å². The van der Waals surface area contributed by atoms with Crippen molar-refractivity contribution in [2.24, 2.45) is 5.10 Å². The largest absolute Gasteiger partial charge is 0.443 e. The lowest BCUT2D eigenvalue weighted by Gasteiger charge is -2.18. The van der Waals surface area contributed by atoms with Crippen molar-refractivity contribution in [2.45, 2.75) is 26.4 Å². The third-order valence-electron chi connectivity index (χ3n) is 1.72. The number of carbonyl (C=O) groups excluding carboxylic acids is 1. The molecule has 0 aliphatic carbocycles. The van der Waals surface area contributed by atoms with Crippen molar-refractivity contribution < 1.29 is 13.9 Å². The van der Waals surface area contributed by atoms with E-state index >= 15 is 0 Å². The van der Waals surface area contributed by atoms with E-state index in [1.165, 1.54) is 12.3 Å². The van der Waals surface area contributed by atoms with E-state index in [-0.39, 0.29) is 5.56 Å². The normalized spacial score (nSPS) is 11.6. The fourth-order valence-corrected chi connectivity index (χ4v) is 1.39. The number of halogens is 2. The molecule has 0 unspecified atom stereocenters. The first-order valence-corrected chi connectivity index (χ1v) is 6.04. The Hall–Kier alpha value is -1.43. The summed E-state index contributed by atoms with van der Waals surface area (Å²) in [6.07, 6.45) is 0.530. The van der Waals surface area contributed by atoms with Gasteiger partial charge < -0.3 is 4.74 Å². The van der Waals surface area contributed by atoms with Gasteiger partial charge in [-0.25, -0.2) is 14.6 Å². The number of hydrazone groups is 1. The smallest absolute Gasteiger partial charge is 0.428 e. The van der Waals surface area contributed by atoms with Gasteiger partial charge >= 0.3 is 6.09 Å². The van der Waals surface area contributed by atoms with Gasteiger partial charge in [0.15, 0.2) is 0 Å². The summed E-state index contributed by atoms with van der Waals surface area (Å²) in [6, 6.07) is 4.53. The van der Waals surface area contributed by atoms with Crippen molar-refractivity contribution >= 4 is 28.2 Å². The van der Waals surface area contributed by atoms with E-state index in [1.54, 1.807) is 32.9 Å². The van der Waals surface area contributed by atoms with Gasteiger partial charge in [-0.1, -0.05) is 15.9 Å². The molecule has 0 spiro atoms. The van der Waals surface area contributed by atoms with E-state index in [1.807, 2.05) is 0 Å². The molecular weight excluding hydrogens is 303 g/mol. The van der Waals surface area contributed by atoms with Gasteiger partial charge in [-0.05, 0) is 39.0 Å². The Morgan fingerprint density at radius 2 is 2.17 bits per heavy atom. The maximum atomic E-state index is 13.4. The third kappa shape index (κ3) is 5.27. The number of ether oxygens (including phenoxy) is 1. The molecule has 98 valence electrons. The van der Waals surface area contributed by atoms with Gasteiger partial charge in [0.05, 0.1) is 6.21 Å². The fraction of sp³-hybridized carbons (Fsp3) is 0.333. The molecule has 1 rings (SSSR count). The van der Waals surface area contributed by atoms with E-state index in [0.717, 1.165) is 0 Å². The van der Waals surface area contributed by atoms with Gasteiger partial charge in [0, 0.05) is 10.0 Å². The zero-order chi connectivity index (χ0) is 13.8. The number of rotatable bonds is 2. The van der Waals surface area contributed by atoms with E-state index in [2.05, 4.69) is 26.5 Å². The Labute approximate surface area is 113 Å². The Kier molecular flexibility index (Phi) is 4.84. The second kappa shape index (κ2) is 5.95. The molecule has 0 radical (unpaired) electrons. The van der Waals surface area contributed by atoms with Crippen LogP contribution in [0.1, 0.15) is 26.3 Å². The summed E-state index contributed by atoms with van der Waals surface area (Å²) < 4.78 is 19.0. The summed E-state index contributed by atoms with van der Waals surface area (Å²) in [5, 5.41) is 3.61. The number of hydrogen-bond donors (Lipinski definition) is 1. The van der Waals surface area contributed by atoms with E-state index in [9.17, 15) is 9.18 Å². The SMILES string of the molecule is CC(C)(C)OC(=O)N/N=C\c1ccc(Br)cc1F. The first-order valence-electron chi connectivity index (χ1n) is 5.25. The molecular formula is C12H14BrFN2O2. The van der Waals surface area contributed by atoms with Crippen molar-refractivity contribution in [1.82, 2.24) is 5.43 Å². The molecule has 1 N–H and O–H groups in total. The Morgan fingerprint density at radius 1 is 1.50 bits per heavy atom. The molecule has 1 aromatic rings. The quantitative estimate of drug-likeness (QED) is 0.671. The second-order valence-electron chi connectivity index (χ2n) is 4.54. The van der Waals surface area contributed by atoms with Gasteiger partial charge in [0.25, 0.3) is 0 Å². The number of amides is 1. The van der Waals surface area contributed by atoms with Gasteiger partial charge in [0.2, 0.25) is 0 Å². The van der Waals surface area contributed by atoms with E-state index < -0.39 is 17.5 Å². The summed E-state index contributed by atoms with van der Waals surface area (Å²) in [5.74, 6) is -0.431. The summed E-state index contributed by atoms with van der Waals surface area (Å²) >= 11 is 3.15. The molecule has 0 heterocycles. The molecule has 0 aromatic heterocycles. The predicted molar refractivity (Wildman–Crippen MR) is 71.1 cm³/mol. The molecule has 0 aliphatic rings. The minimum Gasteiger partial charge on any atom is -0.443 e. The summed E-state index contributed by atoms with van der Waals surface area (Å²) in [6.45, 7) is 5.22. The maximum Gasteiger partial charge on any atom is 0.428 e. The standard InChI is InChI=1S/C12H14BrFN2O2/c1-12(2,3)18-11(17)16-15-7-8-4-5-9(13)6-10(8)14/h4-7H,1-3H3,(H,16,17)/b15-7-. The molecule has 6 heteroatoms. The molecule has 1 aromatic carbocycles. The van der Waals surface area contributed by atoms with Crippen LogP contribution in [0.15, 0.2) is 27.8 Å². The zero-order valence-electron chi connectivity index (χ0n) is 10.3. The van der Waals surface area contributed by atoms with Gasteiger partial charge in [-0.15, -0.1) is 0 Å². The van der Waals surface area contributed by atoms with Gasteiger partial charge in [-0.2, -0.15) is 5.10 Å². The van der Waals surface area contributed by atoms with Crippen molar-refractivity contribution in [3.8, 4) is 0 Å². The lowest BCUT2D eigenvalue weighted by atomic mass is 10.2. The van der Waals surface area contributed by atoms with Crippen LogP contribution in [0.5, 0.6) is 0 Å². The van der Waals surface area contributed by atoms with Crippen LogP contribution in [0.3, 0.4) is 0 Å². The molecule has 0 saturated carbocycles. The van der Waals surface area contributed by atoms with Crippen LogP contribution in [-0.2, 0) is 4.74 Å². The van der Waals surface area contributed by atoms with Crippen LogP contribution in [-0.4, -0.2) is 17.9 Å². The van der Waals surface area contributed by atoms with Crippen LogP contribution >= 0.6 is 15.9 Å². The molecule has 0 saturated heterocycles. The highest BCUT2D eigenvalue weighted by Gasteiger charge is 2.15. The number of nitrogens with zero attached hydrogens (tertiary/aromatic N) is 1. The lowest BCUT2D eigenvalue weighted by Crippen LogP contribution is -2.29. The first kappa shape index (κ1) is 14.6. The minimum atomic E-state index is -0.684. The first-order chi connectivity index (χ1) is 8.28. The van der Waals surface area contributed by atoms with E-state index in [0.29, 0.717) is 4.47 Å². The molecule has 0 bridgehead atoms. The summed E-state index contributed by atoms with van der Waals surface area (Å²) in [4.78, 5) is 11.2. The Balaban J connectivity index is 2.58. The van der Waals surface area contributed by atoms with Crippen molar-refractivity contribution in [3.63, 3.8) is 0 Å². The predicted octanol–water partition coefficient (Wildman–Crippen LogP) is 3.45. The molecule has 0 fully saturated rings. The van der Waals surface area contributed by atoms with Gasteiger partial charge in [0.1, 0.15) is 11.4 Å². The molecule has 1 amide bonds.